The van der Waals surface area contributed by atoms with Gasteiger partial charge in [-0.25, -0.2) is 4.79 Å². The van der Waals surface area contributed by atoms with Gasteiger partial charge < -0.3 is 15.5 Å². The normalized spacial score (nSPS) is 11.4. The first-order valence-electron chi connectivity index (χ1n) is 9.42. The van der Waals surface area contributed by atoms with Gasteiger partial charge in [-0.1, -0.05) is 60.7 Å². The van der Waals surface area contributed by atoms with Crippen molar-refractivity contribution in [1.82, 2.24) is 15.5 Å². The summed E-state index contributed by atoms with van der Waals surface area (Å²) in [7, 11) is 4.18. The van der Waals surface area contributed by atoms with E-state index < -0.39 is 0 Å². The third kappa shape index (κ3) is 6.26. The Morgan fingerprint density at radius 1 is 0.963 bits per heavy atom. The van der Waals surface area contributed by atoms with Crippen molar-refractivity contribution in [3.63, 3.8) is 0 Å². The van der Waals surface area contributed by atoms with Crippen molar-refractivity contribution in [2.45, 2.75) is 18.3 Å². The maximum atomic E-state index is 12.2. The highest BCUT2D eigenvalue weighted by molar-refractivity contribution is 6.18. The summed E-state index contributed by atoms with van der Waals surface area (Å²) in [4.78, 5) is 14.4. The first-order chi connectivity index (χ1) is 13.1. The first-order valence-corrected chi connectivity index (χ1v) is 9.95. The van der Waals surface area contributed by atoms with Gasteiger partial charge in [-0.3, -0.25) is 0 Å². The highest BCUT2D eigenvalue weighted by Gasteiger charge is 2.34. The highest BCUT2D eigenvalue weighted by atomic mass is 35.5. The quantitative estimate of drug-likeness (QED) is 0.608. The van der Waals surface area contributed by atoms with Crippen LogP contribution in [-0.4, -0.2) is 50.5 Å². The second kappa shape index (κ2) is 11.0. The molecule has 2 aromatic carbocycles. The van der Waals surface area contributed by atoms with Crippen LogP contribution in [0.3, 0.4) is 0 Å². The number of alkyl halides is 1. The Kier molecular flexibility index (Phi) is 8.62. The zero-order valence-corrected chi connectivity index (χ0v) is 17.0. The Bertz CT molecular complexity index is 637. The van der Waals surface area contributed by atoms with E-state index in [0.717, 1.165) is 19.4 Å². The number of benzene rings is 2. The predicted molar refractivity (Wildman–Crippen MR) is 114 cm³/mol. The van der Waals surface area contributed by atoms with Gasteiger partial charge in [-0.2, -0.15) is 0 Å². The molecule has 5 heteroatoms. The molecular formula is C22H30ClN3O. The van der Waals surface area contributed by atoms with Crippen LogP contribution in [0.1, 0.15) is 24.0 Å². The number of carbonyl (C=O) groups excluding carboxylic acids is 1. The lowest BCUT2D eigenvalue weighted by atomic mass is 9.71. The average Bonchev–Trinajstić information content (AvgIpc) is 2.70. The molecule has 0 fully saturated rings. The number of amides is 2. The van der Waals surface area contributed by atoms with Crippen LogP contribution < -0.4 is 10.6 Å². The lowest BCUT2D eigenvalue weighted by Crippen LogP contribution is -2.46. The summed E-state index contributed by atoms with van der Waals surface area (Å²) in [6.07, 6.45) is 1.97. The molecule has 0 unspecified atom stereocenters. The summed E-state index contributed by atoms with van der Waals surface area (Å²) in [6, 6.07) is 20.7. The molecule has 4 nitrogen and oxygen atoms in total. The van der Waals surface area contributed by atoms with Crippen LogP contribution in [-0.2, 0) is 5.41 Å². The van der Waals surface area contributed by atoms with E-state index in [2.05, 4.69) is 78.2 Å². The van der Waals surface area contributed by atoms with E-state index in [0.29, 0.717) is 19.0 Å². The topological polar surface area (TPSA) is 44.4 Å². The van der Waals surface area contributed by atoms with E-state index in [4.69, 9.17) is 11.6 Å². The summed E-state index contributed by atoms with van der Waals surface area (Å²) < 4.78 is 0. The van der Waals surface area contributed by atoms with Crippen molar-refractivity contribution in [3.05, 3.63) is 71.8 Å². The zero-order chi connectivity index (χ0) is 19.5. The molecule has 2 amide bonds. The minimum absolute atomic E-state index is 0.181. The minimum atomic E-state index is -0.281. The van der Waals surface area contributed by atoms with E-state index in [1.165, 1.54) is 11.1 Å². The van der Waals surface area contributed by atoms with Gasteiger partial charge in [0.05, 0.1) is 0 Å². The van der Waals surface area contributed by atoms with E-state index >= 15 is 0 Å². The molecule has 2 N–H and O–H groups in total. The average molecular weight is 388 g/mol. The standard InChI is InChI=1S/C22H30ClN3O/c1-26(2)17-9-14-22(19-10-5-3-6-11-19,20-12-7-4-8-13-20)18-25-21(27)24-16-15-23/h3-8,10-13H,9,14-18H2,1-2H3,(H2,24,25,27). The van der Waals surface area contributed by atoms with Gasteiger partial charge >= 0.3 is 6.03 Å². The number of nitrogens with zero attached hydrogens (tertiary/aromatic N) is 1. The summed E-state index contributed by atoms with van der Waals surface area (Å²) >= 11 is 5.68. The van der Waals surface area contributed by atoms with Crippen molar-refractivity contribution in [2.75, 3.05) is 39.6 Å². The van der Waals surface area contributed by atoms with E-state index in [-0.39, 0.29) is 11.4 Å². The van der Waals surface area contributed by atoms with Gasteiger partial charge in [0.15, 0.2) is 0 Å². The molecule has 0 heterocycles. The van der Waals surface area contributed by atoms with Gasteiger partial charge in [0, 0.05) is 24.4 Å². The molecule has 0 aromatic heterocycles. The Labute approximate surface area is 167 Å². The lowest BCUT2D eigenvalue weighted by molar-refractivity contribution is 0.238. The predicted octanol–water partition coefficient (Wildman–Crippen LogP) is 3.85. The summed E-state index contributed by atoms with van der Waals surface area (Å²) in [5.74, 6) is 0.402. The molecule has 0 aliphatic heterocycles. The summed E-state index contributed by atoms with van der Waals surface area (Å²) in [5, 5.41) is 5.86. The first kappa shape index (κ1) is 21.3. The molecule has 27 heavy (non-hydrogen) atoms. The van der Waals surface area contributed by atoms with Crippen LogP contribution in [0.15, 0.2) is 60.7 Å². The molecule has 2 aromatic rings. The van der Waals surface area contributed by atoms with Crippen LogP contribution in [0.25, 0.3) is 0 Å². The number of urea groups is 1. The van der Waals surface area contributed by atoms with Crippen LogP contribution >= 0.6 is 11.6 Å². The maximum Gasteiger partial charge on any atom is 0.314 e. The Hall–Kier alpha value is -2.04. The summed E-state index contributed by atoms with van der Waals surface area (Å²) in [6.45, 7) is 1.99. The highest BCUT2D eigenvalue weighted by Crippen LogP contribution is 2.36. The zero-order valence-electron chi connectivity index (χ0n) is 16.2. The van der Waals surface area contributed by atoms with Gasteiger partial charge in [-0.05, 0) is 44.6 Å². The number of hydrogen-bond acceptors (Lipinski definition) is 2. The van der Waals surface area contributed by atoms with E-state index in [1.807, 2.05) is 12.1 Å². The van der Waals surface area contributed by atoms with Gasteiger partial charge in [-0.15, -0.1) is 11.6 Å². The van der Waals surface area contributed by atoms with Crippen molar-refractivity contribution < 1.29 is 4.79 Å². The molecule has 0 atom stereocenters. The molecule has 0 bridgehead atoms. The van der Waals surface area contributed by atoms with Crippen molar-refractivity contribution in [1.29, 1.82) is 0 Å². The van der Waals surface area contributed by atoms with Crippen LogP contribution in [0.4, 0.5) is 4.79 Å². The molecular weight excluding hydrogens is 358 g/mol. The number of carbonyl (C=O) groups is 1. The van der Waals surface area contributed by atoms with Crippen LogP contribution in [0.2, 0.25) is 0 Å². The number of nitrogens with one attached hydrogen (secondary N) is 2. The van der Waals surface area contributed by atoms with Crippen LogP contribution in [0.5, 0.6) is 0 Å². The molecule has 0 radical (unpaired) electrons. The number of halogens is 1. The smallest absolute Gasteiger partial charge is 0.314 e. The third-order valence-electron chi connectivity index (χ3n) is 4.79. The fourth-order valence-corrected chi connectivity index (χ4v) is 3.51. The largest absolute Gasteiger partial charge is 0.337 e. The van der Waals surface area contributed by atoms with Gasteiger partial charge in [0.25, 0.3) is 0 Å². The molecule has 0 aliphatic rings. The van der Waals surface area contributed by atoms with Crippen molar-refractivity contribution >= 4 is 17.6 Å². The third-order valence-corrected chi connectivity index (χ3v) is 4.98. The lowest BCUT2D eigenvalue weighted by Gasteiger charge is -2.36. The monoisotopic (exact) mass is 387 g/mol. The second-order valence-corrected chi connectivity index (χ2v) is 7.40. The Morgan fingerprint density at radius 3 is 2.00 bits per heavy atom. The van der Waals surface area contributed by atoms with Gasteiger partial charge in [0.2, 0.25) is 0 Å². The molecule has 0 saturated heterocycles. The maximum absolute atomic E-state index is 12.2. The second-order valence-electron chi connectivity index (χ2n) is 7.02. The van der Waals surface area contributed by atoms with Crippen molar-refractivity contribution in [2.24, 2.45) is 0 Å². The fraction of sp³-hybridized carbons (Fsp3) is 0.409. The van der Waals surface area contributed by atoms with E-state index in [9.17, 15) is 4.79 Å². The molecule has 0 saturated carbocycles. The molecule has 0 aliphatic carbocycles. The van der Waals surface area contributed by atoms with Gasteiger partial charge in [0.1, 0.15) is 0 Å². The number of rotatable bonds is 10. The Balaban J connectivity index is 2.34. The molecule has 0 spiro atoms. The Morgan fingerprint density at radius 2 is 1.52 bits per heavy atom. The SMILES string of the molecule is CN(C)CCCC(CNC(=O)NCCCl)(c1ccccc1)c1ccccc1. The summed E-state index contributed by atoms with van der Waals surface area (Å²) in [5.41, 5.74) is 2.15. The fourth-order valence-electron chi connectivity index (χ4n) is 3.41. The van der Waals surface area contributed by atoms with E-state index in [1.54, 1.807) is 0 Å². The van der Waals surface area contributed by atoms with Crippen molar-refractivity contribution in [3.8, 4) is 0 Å². The molecule has 2 rings (SSSR count). The molecule has 146 valence electrons. The number of hydrogen-bond donors (Lipinski definition) is 2. The van der Waals surface area contributed by atoms with Crippen LogP contribution in [0, 0.1) is 0 Å². The minimum Gasteiger partial charge on any atom is -0.337 e.